The SMILES string of the molecule is CN(CC(O)CO)c1nncc(-c2cccc(Cl)c2)n1. The molecule has 2 rings (SSSR count). The number of aliphatic hydroxyl groups is 2. The van der Waals surface area contributed by atoms with E-state index in [-0.39, 0.29) is 13.2 Å². The van der Waals surface area contributed by atoms with Crippen LogP contribution in [0.5, 0.6) is 0 Å². The van der Waals surface area contributed by atoms with Gasteiger partial charge in [-0.15, -0.1) is 5.10 Å². The molecule has 1 heterocycles. The van der Waals surface area contributed by atoms with Gasteiger partial charge >= 0.3 is 0 Å². The summed E-state index contributed by atoms with van der Waals surface area (Å²) in [4.78, 5) is 6.00. The van der Waals surface area contributed by atoms with Gasteiger partial charge in [-0.2, -0.15) is 5.10 Å². The third kappa shape index (κ3) is 3.63. The normalized spacial score (nSPS) is 12.2. The monoisotopic (exact) mass is 294 g/mol. The van der Waals surface area contributed by atoms with Crippen molar-refractivity contribution in [3.63, 3.8) is 0 Å². The Hall–Kier alpha value is -1.76. The smallest absolute Gasteiger partial charge is 0.245 e. The van der Waals surface area contributed by atoms with Crippen LogP contribution < -0.4 is 4.90 Å². The number of hydrogen-bond donors (Lipinski definition) is 2. The van der Waals surface area contributed by atoms with E-state index in [1.807, 2.05) is 12.1 Å². The van der Waals surface area contributed by atoms with Crippen molar-refractivity contribution in [2.75, 3.05) is 25.1 Å². The molecule has 2 N–H and O–H groups in total. The second kappa shape index (κ2) is 6.60. The summed E-state index contributed by atoms with van der Waals surface area (Å²) in [5.74, 6) is 0.370. The van der Waals surface area contributed by atoms with Crippen LogP contribution in [0, 0.1) is 0 Å². The average molecular weight is 295 g/mol. The molecule has 0 aliphatic heterocycles. The van der Waals surface area contributed by atoms with Crippen molar-refractivity contribution < 1.29 is 10.2 Å². The Balaban J connectivity index is 2.24. The van der Waals surface area contributed by atoms with Crippen molar-refractivity contribution in [2.24, 2.45) is 0 Å². The number of rotatable bonds is 5. The molecule has 0 aliphatic rings. The predicted molar refractivity (Wildman–Crippen MR) is 76.6 cm³/mol. The van der Waals surface area contributed by atoms with E-state index >= 15 is 0 Å². The van der Waals surface area contributed by atoms with Gasteiger partial charge in [-0.3, -0.25) is 0 Å². The van der Waals surface area contributed by atoms with Gasteiger partial charge in [0.25, 0.3) is 0 Å². The third-order valence-electron chi connectivity index (χ3n) is 2.70. The second-order valence-electron chi connectivity index (χ2n) is 4.37. The number of benzene rings is 1. The van der Waals surface area contributed by atoms with E-state index in [1.54, 1.807) is 30.3 Å². The standard InChI is InChI=1S/C13H15ClN4O2/c1-18(7-11(20)8-19)13-16-12(6-15-17-13)9-3-2-4-10(14)5-9/h2-6,11,19-20H,7-8H2,1H3. The first-order chi connectivity index (χ1) is 9.60. The summed E-state index contributed by atoms with van der Waals surface area (Å²) in [7, 11) is 1.72. The van der Waals surface area contributed by atoms with Crippen LogP contribution in [0.3, 0.4) is 0 Å². The Bertz CT molecular complexity index is 582. The number of likely N-dealkylation sites (N-methyl/N-ethyl adjacent to an activating group) is 1. The van der Waals surface area contributed by atoms with Gasteiger partial charge in [-0.1, -0.05) is 23.7 Å². The molecule has 1 aromatic carbocycles. The van der Waals surface area contributed by atoms with Crippen molar-refractivity contribution in [1.82, 2.24) is 15.2 Å². The molecule has 0 spiro atoms. The first-order valence-corrected chi connectivity index (χ1v) is 6.43. The molecule has 106 valence electrons. The van der Waals surface area contributed by atoms with E-state index in [2.05, 4.69) is 15.2 Å². The fraction of sp³-hybridized carbons (Fsp3) is 0.308. The number of aliphatic hydroxyl groups excluding tert-OH is 2. The minimum Gasteiger partial charge on any atom is -0.394 e. The zero-order valence-electron chi connectivity index (χ0n) is 10.9. The fourth-order valence-electron chi connectivity index (χ4n) is 1.70. The highest BCUT2D eigenvalue weighted by Gasteiger charge is 2.12. The molecule has 0 saturated heterocycles. The number of aromatic nitrogens is 3. The Labute approximate surface area is 121 Å². The molecule has 2 aromatic rings. The van der Waals surface area contributed by atoms with Gasteiger partial charge in [0, 0.05) is 24.2 Å². The maximum Gasteiger partial charge on any atom is 0.245 e. The average Bonchev–Trinajstić information content (AvgIpc) is 2.47. The summed E-state index contributed by atoms with van der Waals surface area (Å²) in [5, 5.41) is 26.7. The van der Waals surface area contributed by atoms with Crippen LogP contribution in [-0.2, 0) is 0 Å². The lowest BCUT2D eigenvalue weighted by Gasteiger charge is -2.19. The molecule has 0 fully saturated rings. The maximum absolute atomic E-state index is 9.43. The Morgan fingerprint density at radius 1 is 1.40 bits per heavy atom. The van der Waals surface area contributed by atoms with E-state index in [0.29, 0.717) is 16.7 Å². The van der Waals surface area contributed by atoms with Crippen molar-refractivity contribution in [2.45, 2.75) is 6.10 Å². The summed E-state index contributed by atoms with van der Waals surface area (Å²) >= 11 is 5.95. The molecule has 1 atom stereocenters. The van der Waals surface area contributed by atoms with Crippen LogP contribution in [0.1, 0.15) is 0 Å². The third-order valence-corrected chi connectivity index (χ3v) is 2.94. The first kappa shape index (κ1) is 14.6. The molecule has 6 nitrogen and oxygen atoms in total. The molecule has 0 saturated carbocycles. The highest BCUT2D eigenvalue weighted by atomic mass is 35.5. The second-order valence-corrected chi connectivity index (χ2v) is 4.81. The molecule has 0 aliphatic carbocycles. The Kier molecular flexibility index (Phi) is 4.84. The molecule has 1 aromatic heterocycles. The summed E-state index contributed by atoms with van der Waals surface area (Å²) in [6.45, 7) is -0.0943. The topological polar surface area (TPSA) is 82.4 Å². The maximum atomic E-state index is 9.43. The minimum atomic E-state index is -0.849. The van der Waals surface area contributed by atoms with Gasteiger partial charge in [-0.25, -0.2) is 4.98 Å². The highest BCUT2D eigenvalue weighted by Crippen LogP contribution is 2.21. The molecule has 20 heavy (non-hydrogen) atoms. The predicted octanol–water partition coefficient (Wildman–Crippen LogP) is 0.981. The van der Waals surface area contributed by atoms with Gasteiger partial charge in [0.1, 0.15) is 0 Å². The molecule has 0 bridgehead atoms. The van der Waals surface area contributed by atoms with E-state index in [0.717, 1.165) is 5.56 Å². The summed E-state index contributed by atoms with van der Waals surface area (Å²) in [6.07, 6.45) is 0.698. The highest BCUT2D eigenvalue weighted by molar-refractivity contribution is 6.30. The number of anilines is 1. The van der Waals surface area contributed by atoms with Gasteiger partial charge in [0.2, 0.25) is 5.95 Å². The van der Waals surface area contributed by atoms with Gasteiger partial charge in [0.05, 0.1) is 24.6 Å². The molecule has 7 heteroatoms. The zero-order chi connectivity index (χ0) is 14.5. The number of nitrogens with zero attached hydrogens (tertiary/aromatic N) is 4. The molecular formula is C13H15ClN4O2. The van der Waals surface area contributed by atoms with Gasteiger partial charge in [-0.05, 0) is 12.1 Å². The van der Waals surface area contributed by atoms with Crippen LogP contribution in [0.25, 0.3) is 11.3 Å². The van der Waals surface area contributed by atoms with Crippen molar-refractivity contribution in [3.05, 3.63) is 35.5 Å². The van der Waals surface area contributed by atoms with Crippen molar-refractivity contribution in [3.8, 4) is 11.3 Å². The molecule has 0 amide bonds. The quantitative estimate of drug-likeness (QED) is 0.855. The Morgan fingerprint density at radius 3 is 2.90 bits per heavy atom. The van der Waals surface area contributed by atoms with Crippen LogP contribution in [0.15, 0.2) is 30.5 Å². The van der Waals surface area contributed by atoms with E-state index in [9.17, 15) is 5.11 Å². The van der Waals surface area contributed by atoms with E-state index in [1.165, 1.54) is 0 Å². The minimum absolute atomic E-state index is 0.219. The lowest BCUT2D eigenvalue weighted by atomic mass is 10.2. The van der Waals surface area contributed by atoms with Crippen molar-refractivity contribution in [1.29, 1.82) is 0 Å². The summed E-state index contributed by atoms with van der Waals surface area (Å²) < 4.78 is 0. The summed E-state index contributed by atoms with van der Waals surface area (Å²) in [5.41, 5.74) is 1.48. The van der Waals surface area contributed by atoms with Crippen LogP contribution >= 0.6 is 11.6 Å². The van der Waals surface area contributed by atoms with E-state index in [4.69, 9.17) is 16.7 Å². The van der Waals surface area contributed by atoms with Gasteiger partial charge < -0.3 is 15.1 Å². The van der Waals surface area contributed by atoms with Crippen LogP contribution in [-0.4, -0.2) is 51.7 Å². The first-order valence-electron chi connectivity index (χ1n) is 6.06. The number of hydrogen-bond acceptors (Lipinski definition) is 6. The zero-order valence-corrected chi connectivity index (χ0v) is 11.7. The number of halogens is 1. The van der Waals surface area contributed by atoms with Crippen molar-refractivity contribution >= 4 is 17.5 Å². The van der Waals surface area contributed by atoms with Crippen LogP contribution in [0.2, 0.25) is 5.02 Å². The Morgan fingerprint density at radius 2 is 2.20 bits per heavy atom. The lowest BCUT2D eigenvalue weighted by molar-refractivity contribution is 0.101. The van der Waals surface area contributed by atoms with Gasteiger partial charge in [0.15, 0.2) is 0 Å². The fourth-order valence-corrected chi connectivity index (χ4v) is 1.89. The molecule has 0 radical (unpaired) electrons. The largest absolute Gasteiger partial charge is 0.394 e. The lowest BCUT2D eigenvalue weighted by Crippen LogP contribution is -2.32. The van der Waals surface area contributed by atoms with Crippen LogP contribution in [0.4, 0.5) is 5.95 Å². The molecule has 1 unspecified atom stereocenters. The van der Waals surface area contributed by atoms with E-state index < -0.39 is 6.10 Å². The summed E-state index contributed by atoms with van der Waals surface area (Å²) in [6, 6.07) is 7.28. The molecular weight excluding hydrogens is 280 g/mol.